The maximum atomic E-state index is 14.3. The van der Waals surface area contributed by atoms with E-state index in [2.05, 4.69) is 4.90 Å². The minimum atomic E-state index is -1.32. The number of benzene rings is 1. The van der Waals surface area contributed by atoms with Gasteiger partial charge in [0.05, 0.1) is 50.4 Å². The highest BCUT2D eigenvalue weighted by Crippen LogP contribution is 2.54. The Hall–Kier alpha value is -3.25. The molecule has 3 fully saturated rings. The van der Waals surface area contributed by atoms with Crippen LogP contribution < -0.4 is 9.64 Å². The van der Waals surface area contributed by atoms with Crippen molar-refractivity contribution in [1.82, 2.24) is 14.7 Å². The van der Waals surface area contributed by atoms with Crippen molar-refractivity contribution in [3.05, 3.63) is 48.6 Å². The first kappa shape index (κ1) is 28.9. The van der Waals surface area contributed by atoms with Gasteiger partial charge in [0.1, 0.15) is 17.4 Å². The van der Waals surface area contributed by atoms with Gasteiger partial charge in [0.25, 0.3) is 0 Å². The van der Waals surface area contributed by atoms with Gasteiger partial charge in [0.2, 0.25) is 17.7 Å². The van der Waals surface area contributed by atoms with E-state index < -0.39 is 35.6 Å². The van der Waals surface area contributed by atoms with Crippen molar-refractivity contribution in [2.75, 3.05) is 70.6 Å². The summed E-state index contributed by atoms with van der Waals surface area (Å²) in [6.07, 6.45) is 6.82. The number of morpholine rings is 1. The number of fused-ring (bicyclic) bond motifs is 2. The molecule has 5 aliphatic rings. The minimum absolute atomic E-state index is 0.222. The lowest BCUT2D eigenvalue weighted by Crippen LogP contribution is -2.58. The molecule has 0 bridgehead atoms. The summed E-state index contributed by atoms with van der Waals surface area (Å²) >= 11 is 0. The van der Waals surface area contributed by atoms with E-state index in [4.69, 9.17) is 14.2 Å². The number of carbonyl (C=O) groups excluding carboxylic acids is 3. The molecule has 0 aromatic heterocycles. The minimum Gasteiger partial charge on any atom is -0.494 e. The molecule has 226 valence electrons. The maximum Gasteiger partial charge on any atom is 0.249 e. The van der Waals surface area contributed by atoms with E-state index >= 15 is 0 Å². The second kappa shape index (κ2) is 11.8. The molecule has 6 atom stereocenters. The highest BCUT2D eigenvalue weighted by Gasteiger charge is 2.72. The average Bonchev–Trinajstić information content (AvgIpc) is 3.33. The Bertz CT molecular complexity index is 1250. The van der Waals surface area contributed by atoms with Gasteiger partial charge in [-0.3, -0.25) is 19.3 Å². The van der Waals surface area contributed by atoms with Crippen molar-refractivity contribution in [2.45, 2.75) is 37.6 Å². The van der Waals surface area contributed by atoms with Crippen LogP contribution in [0, 0.1) is 11.8 Å². The van der Waals surface area contributed by atoms with E-state index in [1.54, 1.807) is 16.7 Å². The lowest BCUT2D eigenvalue weighted by Gasteiger charge is -2.38. The monoisotopic (exact) mass is 580 g/mol. The molecule has 3 amide bonds. The summed E-state index contributed by atoms with van der Waals surface area (Å²) in [6, 6.07) is 5.72. The van der Waals surface area contributed by atoms with E-state index in [1.807, 2.05) is 55.5 Å². The zero-order valence-electron chi connectivity index (χ0n) is 24.3. The Kier molecular flexibility index (Phi) is 8.10. The number of aliphatic hydroxyl groups excluding tert-OH is 1. The predicted octanol–water partition coefficient (Wildman–Crippen LogP) is 0.680. The molecule has 11 nitrogen and oxygen atoms in total. The highest BCUT2D eigenvalue weighted by molar-refractivity contribution is 6.04. The van der Waals surface area contributed by atoms with Crippen molar-refractivity contribution in [2.24, 2.45) is 11.8 Å². The molecule has 1 spiro atoms. The van der Waals surface area contributed by atoms with Gasteiger partial charge < -0.3 is 34.0 Å². The largest absolute Gasteiger partial charge is 0.494 e. The van der Waals surface area contributed by atoms with E-state index in [0.29, 0.717) is 57.4 Å². The Morgan fingerprint density at radius 3 is 2.50 bits per heavy atom. The molecule has 1 aromatic carbocycles. The molecule has 11 heteroatoms. The van der Waals surface area contributed by atoms with Crippen molar-refractivity contribution in [1.29, 1.82) is 0 Å². The summed E-state index contributed by atoms with van der Waals surface area (Å²) in [5, 5.41) is 10.1. The molecule has 0 saturated carbocycles. The Labute approximate surface area is 246 Å². The van der Waals surface area contributed by atoms with Crippen molar-refractivity contribution >= 4 is 23.4 Å². The van der Waals surface area contributed by atoms with Crippen LogP contribution in [0.5, 0.6) is 5.75 Å². The van der Waals surface area contributed by atoms with Crippen LogP contribution in [0.4, 0.5) is 5.69 Å². The van der Waals surface area contributed by atoms with Crippen LogP contribution in [0.1, 0.15) is 13.8 Å². The van der Waals surface area contributed by atoms with Gasteiger partial charge in [-0.05, 0) is 38.1 Å². The van der Waals surface area contributed by atoms with E-state index in [0.717, 1.165) is 13.1 Å². The number of ether oxygens (including phenoxy) is 3. The smallest absolute Gasteiger partial charge is 0.249 e. The fourth-order valence-corrected chi connectivity index (χ4v) is 7.09. The lowest BCUT2D eigenvalue weighted by atomic mass is 9.77. The van der Waals surface area contributed by atoms with E-state index in [-0.39, 0.29) is 24.3 Å². The quantitative estimate of drug-likeness (QED) is 0.447. The van der Waals surface area contributed by atoms with Gasteiger partial charge in [-0.15, -0.1) is 0 Å². The Morgan fingerprint density at radius 1 is 1.02 bits per heavy atom. The first-order valence-electron chi connectivity index (χ1n) is 15.0. The number of likely N-dealkylation sites (tertiary alicyclic amines) is 1. The van der Waals surface area contributed by atoms with Crippen molar-refractivity contribution < 1.29 is 33.7 Å². The fraction of sp³-hybridized carbons (Fsp3) is 0.581. The number of anilines is 1. The van der Waals surface area contributed by atoms with Crippen LogP contribution in [0.3, 0.4) is 0 Å². The molecule has 1 unspecified atom stereocenters. The predicted molar refractivity (Wildman–Crippen MR) is 154 cm³/mol. The number of carbonyl (C=O) groups is 3. The fourth-order valence-electron chi connectivity index (χ4n) is 7.09. The molecular weight excluding hydrogens is 540 g/mol. The summed E-state index contributed by atoms with van der Waals surface area (Å²) < 4.78 is 17.7. The van der Waals surface area contributed by atoms with Gasteiger partial charge in [-0.25, -0.2) is 0 Å². The van der Waals surface area contributed by atoms with E-state index in [9.17, 15) is 19.5 Å². The molecule has 5 aliphatic heterocycles. The van der Waals surface area contributed by atoms with Gasteiger partial charge >= 0.3 is 0 Å². The molecule has 0 radical (unpaired) electrons. The molecule has 6 rings (SSSR count). The van der Waals surface area contributed by atoms with Crippen molar-refractivity contribution in [3.8, 4) is 5.75 Å². The summed E-state index contributed by atoms with van der Waals surface area (Å²) in [4.78, 5) is 50.0. The van der Waals surface area contributed by atoms with Crippen LogP contribution in [0.15, 0.2) is 48.6 Å². The topological polar surface area (TPSA) is 112 Å². The maximum absolute atomic E-state index is 14.3. The zero-order chi connectivity index (χ0) is 29.4. The number of aliphatic hydroxyl groups is 1. The van der Waals surface area contributed by atoms with Crippen LogP contribution in [0.25, 0.3) is 0 Å². The second-order valence-electron chi connectivity index (χ2n) is 11.6. The normalized spacial score (nSPS) is 32.0. The number of amides is 3. The molecule has 42 heavy (non-hydrogen) atoms. The second-order valence-corrected chi connectivity index (χ2v) is 11.6. The number of rotatable bonds is 8. The summed E-state index contributed by atoms with van der Waals surface area (Å²) in [5.41, 5.74) is -0.623. The highest BCUT2D eigenvalue weighted by atomic mass is 16.5. The first-order chi connectivity index (χ1) is 20.4. The standard InChI is InChI=1S/C31H40N4O7/c1-3-41-23-9-7-22(8-10-23)34-13-4-6-24-25(28(34)37)26-29(38)35(21(2)20-36)27-30(39)33(12-5-11-31(26,27)42-24)15-14-32-16-18-40-19-17-32/h4-11,21,24-27,36H,3,12-20H2,1-2H3/t21-,24-,25+,26+,27?,31+/m1/s1. The third-order valence-electron chi connectivity index (χ3n) is 9.17. The van der Waals surface area contributed by atoms with Crippen LogP contribution in [-0.4, -0.2) is 127 Å². The molecule has 1 aromatic rings. The third kappa shape index (κ3) is 4.82. The number of nitrogens with zero attached hydrogens (tertiary/aromatic N) is 4. The Morgan fingerprint density at radius 2 is 1.79 bits per heavy atom. The van der Waals surface area contributed by atoms with Gasteiger partial charge in [-0.1, -0.05) is 24.3 Å². The van der Waals surface area contributed by atoms with Crippen LogP contribution in [-0.2, 0) is 23.9 Å². The number of hydrogen-bond donors (Lipinski definition) is 1. The SMILES string of the molecule is CCOc1ccc(N2CC=C[C@H]3O[C@]45C=CCN(CCN6CCOCC6)C(=O)C4N([C@H](C)CO)C(=O)[C@@H]5[C@H]3C2=O)cc1. The van der Waals surface area contributed by atoms with Gasteiger partial charge in [-0.2, -0.15) is 0 Å². The van der Waals surface area contributed by atoms with Crippen LogP contribution >= 0.6 is 0 Å². The van der Waals surface area contributed by atoms with Crippen molar-refractivity contribution in [3.63, 3.8) is 0 Å². The van der Waals surface area contributed by atoms with E-state index in [1.165, 1.54) is 4.90 Å². The van der Waals surface area contributed by atoms with Crippen LogP contribution in [0.2, 0.25) is 0 Å². The summed E-state index contributed by atoms with van der Waals surface area (Å²) in [6.45, 7) is 8.73. The summed E-state index contributed by atoms with van der Waals surface area (Å²) in [7, 11) is 0. The zero-order valence-corrected chi connectivity index (χ0v) is 24.3. The molecule has 0 aliphatic carbocycles. The molecule has 3 saturated heterocycles. The van der Waals surface area contributed by atoms with Gasteiger partial charge in [0, 0.05) is 45.0 Å². The lowest BCUT2D eigenvalue weighted by molar-refractivity contribution is -0.150. The third-order valence-corrected chi connectivity index (χ3v) is 9.17. The Balaban J connectivity index is 1.32. The summed E-state index contributed by atoms with van der Waals surface area (Å²) in [5.74, 6) is -1.79. The van der Waals surface area contributed by atoms with Gasteiger partial charge in [0.15, 0.2) is 0 Å². The first-order valence-corrected chi connectivity index (χ1v) is 15.0. The average molecular weight is 581 g/mol. The molecule has 1 N–H and O–H groups in total. The number of hydrogen-bond acceptors (Lipinski definition) is 8. The molecular formula is C31H40N4O7. The molecule has 5 heterocycles.